The van der Waals surface area contributed by atoms with Crippen LogP contribution in [0.3, 0.4) is 0 Å². The van der Waals surface area contributed by atoms with E-state index in [1.807, 2.05) is 24.4 Å². The van der Waals surface area contributed by atoms with E-state index < -0.39 is 0 Å². The summed E-state index contributed by atoms with van der Waals surface area (Å²) in [6.07, 6.45) is 15.5. The lowest BCUT2D eigenvalue weighted by molar-refractivity contribution is 0.558. The van der Waals surface area contributed by atoms with Crippen LogP contribution in [0.5, 0.6) is 0 Å². The summed E-state index contributed by atoms with van der Waals surface area (Å²) in [6.45, 7) is 3.18. The largest absolute Gasteiger partial charge is 0.292 e. The topological polar surface area (TPSA) is 53.9 Å². The Bertz CT molecular complexity index is 574. The summed E-state index contributed by atoms with van der Waals surface area (Å²) in [5.41, 5.74) is 2.91. The molecule has 0 aliphatic carbocycles. The fourth-order valence-electron chi connectivity index (χ4n) is 2.85. The molecule has 1 heterocycles. The standard InChI is InChI=1S/C19H30N4/c1-2-3-4-5-6-7-8-9-10-11-15-20-16-17-13-12-14-18-19(17)22-23-21-18/h12-14,16H,2-11,15H2,1H3,(H,21,22,23). The number of unbranched alkanes of at least 4 members (excludes halogenated alkanes) is 9. The number of rotatable bonds is 12. The number of nitrogens with one attached hydrogen (secondary N) is 1. The van der Waals surface area contributed by atoms with Gasteiger partial charge >= 0.3 is 0 Å². The molecule has 0 aliphatic rings. The van der Waals surface area contributed by atoms with E-state index in [2.05, 4.69) is 27.3 Å². The molecule has 1 aromatic carbocycles. The first-order valence-corrected chi connectivity index (χ1v) is 9.21. The van der Waals surface area contributed by atoms with Crippen molar-refractivity contribution in [3.8, 4) is 0 Å². The van der Waals surface area contributed by atoms with E-state index >= 15 is 0 Å². The van der Waals surface area contributed by atoms with Crippen LogP contribution in [0.1, 0.15) is 76.7 Å². The molecule has 0 spiro atoms. The van der Waals surface area contributed by atoms with Gasteiger partial charge in [0.2, 0.25) is 0 Å². The molecule has 1 aromatic heterocycles. The molecule has 4 heteroatoms. The van der Waals surface area contributed by atoms with Crippen LogP contribution in [0.25, 0.3) is 11.0 Å². The SMILES string of the molecule is CCCCCCCCCCCCN=Cc1cccc2[nH]nnc12. The van der Waals surface area contributed by atoms with Gasteiger partial charge in [0, 0.05) is 18.3 Å². The van der Waals surface area contributed by atoms with Crippen molar-refractivity contribution in [2.75, 3.05) is 6.54 Å². The Kier molecular flexibility index (Phi) is 8.38. The molecule has 0 aliphatic heterocycles. The van der Waals surface area contributed by atoms with Crippen molar-refractivity contribution in [3.63, 3.8) is 0 Å². The quantitative estimate of drug-likeness (QED) is 0.427. The molecule has 0 radical (unpaired) electrons. The number of hydrogen-bond acceptors (Lipinski definition) is 3. The minimum atomic E-state index is 0.902. The van der Waals surface area contributed by atoms with E-state index in [9.17, 15) is 0 Å². The number of H-pyrrole nitrogens is 1. The van der Waals surface area contributed by atoms with Gasteiger partial charge in [0.25, 0.3) is 0 Å². The third-order valence-electron chi connectivity index (χ3n) is 4.26. The molecular formula is C19H30N4. The predicted octanol–water partition coefficient (Wildman–Crippen LogP) is 5.30. The van der Waals surface area contributed by atoms with Gasteiger partial charge in [-0.2, -0.15) is 0 Å². The third kappa shape index (κ3) is 6.51. The lowest BCUT2D eigenvalue weighted by Gasteiger charge is -2.01. The molecule has 0 amide bonds. The van der Waals surface area contributed by atoms with Gasteiger partial charge in [-0.3, -0.25) is 10.1 Å². The van der Waals surface area contributed by atoms with Crippen LogP contribution in [0.2, 0.25) is 0 Å². The maximum atomic E-state index is 4.53. The molecular weight excluding hydrogens is 284 g/mol. The Hall–Kier alpha value is -1.71. The first-order chi connectivity index (χ1) is 11.4. The average molecular weight is 314 g/mol. The number of nitrogens with zero attached hydrogens (tertiary/aromatic N) is 3. The minimum Gasteiger partial charge on any atom is -0.292 e. The van der Waals surface area contributed by atoms with E-state index in [1.165, 1.54) is 64.2 Å². The van der Waals surface area contributed by atoms with Gasteiger partial charge in [0.05, 0.1) is 5.52 Å². The molecule has 0 fully saturated rings. The second-order valence-corrected chi connectivity index (χ2v) is 6.27. The van der Waals surface area contributed by atoms with Crippen LogP contribution >= 0.6 is 0 Å². The molecule has 0 unspecified atom stereocenters. The van der Waals surface area contributed by atoms with Crippen LogP contribution < -0.4 is 0 Å². The van der Waals surface area contributed by atoms with Crippen LogP contribution in [0, 0.1) is 0 Å². The zero-order valence-corrected chi connectivity index (χ0v) is 14.4. The molecule has 2 aromatic rings. The van der Waals surface area contributed by atoms with Crippen molar-refractivity contribution < 1.29 is 0 Å². The second kappa shape index (κ2) is 10.9. The highest BCUT2D eigenvalue weighted by Gasteiger charge is 2.00. The van der Waals surface area contributed by atoms with E-state index in [0.717, 1.165) is 23.1 Å². The minimum absolute atomic E-state index is 0.902. The summed E-state index contributed by atoms with van der Waals surface area (Å²) < 4.78 is 0. The fourth-order valence-corrected chi connectivity index (χ4v) is 2.85. The van der Waals surface area contributed by atoms with Gasteiger partial charge in [-0.05, 0) is 12.5 Å². The molecule has 0 saturated heterocycles. The van der Waals surface area contributed by atoms with E-state index in [-0.39, 0.29) is 0 Å². The van der Waals surface area contributed by atoms with Crippen molar-refractivity contribution in [1.82, 2.24) is 15.4 Å². The number of benzene rings is 1. The molecule has 0 bridgehead atoms. The van der Waals surface area contributed by atoms with Crippen molar-refractivity contribution in [1.29, 1.82) is 0 Å². The van der Waals surface area contributed by atoms with E-state index in [0.29, 0.717) is 0 Å². The van der Waals surface area contributed by atoms with Crippen LogP contribution in [0.4, 0.5) is 0 Å². The summed E-state index contributed by atoms with van der Waals surface area (Å²) in [4.78, 5) is 4.53. The van der Waals surface area contributed by atoms with Crippen LogP contribution in [-0.4, -0.2) is 28.2 Å². The highest BCUT2D eigenvalue weighted by molar-refractivity contribution is 5.95. The van der Waals surface area contributed by atoms with Crippen molar-refractivity contribution >= 4 is 17.2 Å². The van der Waals surface area contributed by atoms with E-state index in [4.69, 9.17) is 0 Å². The first kappa shape index (κ1) is 17.6. The number of aliphatic imine (C=N–C) groups is 1. The summed E-state index contributed by atoms with van der Waals surface area (Å²) in [6, 6.07) is 6.02. The van der Waals surface area contributed by atoms with Gasteiger partial charge < -0.3 is 0 Å². The van der Waals surface area contributed by atoms with Gasteiger partial charge in [-0.15, -0.1) is 5.10 Å². The molecule has 4 nitrogen and oxygen atoms in total. The highest BCUT2D eigenvalue weighted by Crippen LogP contribution is 2.12. The molecule has 126 valence electrons. The smallest absolute Gasteiger partial charge is 0.121 e. The van der Waals surface area contributed by atoms with Crippen molar-refractivity contribution in [3.05, 3.63) is 23.8 Å². The fraction of sp³-hybridized carbons (Fsp3) is 0.632. The predicted molar refractivity (Wildman–Crippen MR) is 98.2 cm³/mol. The Balaban J connectivity index is 1.51. The third-order valence-corrected chi connectivity index (χ3v) is 4.26. The van der Waals surface area contributed by atoms with Crippen molar-refractivity contribution in [2.45, 2.75) is 71.1 Å². The Morgan fingerprint density at radius 3 is 2.39 bits per heavy atom. The Labute approximate surface area is 139 Å². The first-order valence-electron chi connectivity index (χ1n) is 9.21. The van der Waals surface area contributed by atoms with Gasteiger partial charge in [-0.1, -0.05) is 82.1 Å². The van der Waals surface area contributed by atoms with Gasteiger partial charge in [-0.25, -0.2) is 0 Å². The van der Waals surface area contributed by atoms with Crippen LogP contribution in [-0.2, 0) is 0 Å². The van der Waals surface area contributed by atoms with Gasteiger partial charge in [0.15, 0.2) is 0 Å². The molecule has 0 atom stereocenters. The van der Waals surface area contributed by atoms with Crippen molar-refractivity contribution in [2.24, 2.45) is 4.99 Å². The number of aromatic amines is 1. The Morgan fingerprint density at radius 2 is 1.65 bits per heavy atom. The summed E-state index contributed by atoms with van der Waals surface area (Å²) in [5, 5.41) is 10.8. The lowest BCUT2D eigenvalue weighted by atomic mass is 10.1. The summed E-state index contributed by atoms with van der Waals surface area (Å²) >= 11 is 0. The second-order valence-electron chi connectivity index (χ2n) is 6.27. The summed E-state index contributed by atoms with van der Waals surface area (Å²) in [7, 11) is 0. The summed E-state index contributed by atoms with van der Waals surface area (Å²) in [5.74, 6) is 0. The monoisotopic (exact) mass is 314 g/mol. The number of aromatic nitrogens is 3. The molecule has 23 heavy (non-hydrogen) atoms. The maximum absolute atomic E-state index is 4.53. The number of hydrogen-bond donors (Lipinski definition) is 1. The molecule has 0 saturated carbocycles. The normalized spacial score (nSPS) is 11.7. The lowest BCUT2D eigenvalue weighted by Crippen LogP contribution is -1.88. The zero-order valence-electron chi connectivity index (χ0n) is 14.4. The van der Waals surface area contributed by atoms with Crippen LogP contribution in [0.15, 0.2) is 23.2 Å². The molecule has 1 N–H and O–H groups in total. The zero-order chi connectivity index (χ0) is 16.2. The average Bonchev–Trinajstić information content (AvgIpc) is 3.05. The van der Waals surface area contributed by atoms with E-state index in [1.54, 1.807) is 0 Å². The van der Waals surface area contributed by atoms with Gasteiger partial charge in [0.1, 0.15) is 5.52 Å². The highest BCUT2D eigenvalue weighted by atomic mass is 15.3. The molecule has 2 rings (SSSR count). The number of fused-ring (bicyclic) bond motifs is 1. The maximum Gasteiger partial charge on any atom is 0.121 e. The Morgan fingerprint density at radius 1 is 0.957 bits per heavy atom.